The van der Waals surface area contributed by atoms with E-state index >= 15 is 0 Å². The third-order valence-electron chi connectivity index (χ3n) is 2.32. The Balaban J connectivity index is 0.00000200. The van der Waals surface area contributed by atoms with Gasteiger partial charge in [0.15, 0.2) is 6.61 Å². The average molecular weight is 373 g/mol. The number of aromatic amines is 1. The zero-order chi connectivity index (χ0) is 13.8. The summed E-state index contributed by atoms with van der Waals surface area (Å²) in [5, 5.41) is 19.0. The Morgan fingerprint density at radius 3 is 2.75 bits per heavy atom. The number of ether oxygens (including phenoxy) is 2. The van der Waals surface area contributed by atoms with Gasteiger partial charge >= 0.3 is 34.3 Å². The number of esters is 1. The van der Waals surface area contributed by atoms with E-state index in [4.69, 9.17) is 9.47 Å². The molecule has 8 nitrogen and oxygen atoms in total. The van der Waals surface area contributed by atoms with Gasteiger partial charge in [-0.1, -0.05) is 0 Å². The molecule has 2 N–H and O–H groups in total. The van der Waals surface area contributed by atoms with E-state index in [1.54, 1.807) is 13.0 Å². The maximum Gasteiger partial charge on any atom is 1.00 e. The SMILES string of the molecule is CCOC(=O)COc1ccc2n[nH]nc2c1C(=O)O.[Ag+]. The molecule has 0 unspecified atom stereocenters. The number of benzene rings is 1. The Morgan fingerprint density at radius 1 is 1.35 bits per heavy atom. The predicted molar refractivity (Wildman–Crippen MR) is 63.0 cm³/mol. The van der Waals surface area contributed by atoms with E-state index < -0.39 is 11.9 Å². The quantitative estimate of drug-likeness (QED) is 0.583. The van der Waals surface area contributed by atoms with Crippen LogP contribution in [-0.2, 0) is 31.9 Å². The Morgan fingerprint density at radius 2 is 2.10 bits per heavy atom. The third kappa shape index (κ3) is 3.35. The Kier molecular flexibility index (Phi) is 5.68. The van der Waals surface area contributed by atoms with Crippen molar-refractivity contribution < 1.29 is 46.5 Å². The maximum atomic E-state index is 11.2. The molecule has 2 rings (SSSR count). The summed E-state index contributed by atoms with van der Waals surface area (Å²) in [6.45, 7) is 1.54. The molecular weight excluding hydrogens is 362 g/mol. The molecule has 0 atom stereocenters. The Hall–Kier alpha value is -1.90. The monoisotopic (exact) mass is 372 g/mol. The van der Waals surface area contributed by atoms with Gasteiger partial charge in [-0.25, -0.2) is 9.59 Å². The minimum absolute atomic E-state index is 0. The molecule has 0 saturated carbocycles. The van der Waals surface area contributed by atoms with Crippen molar-refractivity contribution in [1.29, 1.82) is 0 Å². The number of H-pyrrole nitrogens is 1. The van der Waals surface area contributed by atoms with Crippen LogP contribution in [0, 0.1) is 0 Å². The number of carboxylic acids is 1. The second kappa shape index (κ2) is 7.04. The van der Waals surface area contributed by atoms with E-state index in [9.17, 15) is 14.7 Å². The zero-order valence-corrected chi connectivity index (χ0v) is 11.8. The second-order valence-electron chi connectivity index (χ2n) is 3.53. The average Bonchev–Trinajstić information content (AvgIpc) is 2.83. The molecule has 0 aliphatic carbocycles. The summed E-state index contributed by atoms with van der Waals surface area (Å²) in [6, 6.07) is 2.97. The summed E-state index contributed by atoms with van der Waals surface area (Å²) in [7, 11) is 0. The van der Waals surface area contributed by atoms with E-state index in [-0.39, 0.29) is 52.4 Å². The number of nitrogens with zero attached hydrogens (tertiary/aromatic N) is 2. The molecule has 1 heterocycles. The first-order valence-corrected chi connectivity index (χ1v) is 5.48. The van der Waals surface area contributed by atoms with Gasteiger partial charge in [0.05, 0.1) is 6.61 Å². The van der Waals surface area contributed by atoms with Crippen molar-refractivity contribution in [2.75, 3.05) is 13.2 Å². The van der Waals surface area contributed by atoms with Gasteiger partial charge in [0.1, 0.15) is 22.3 Å². The summed E-state index contributed by atoms with van der Waals surface area (Å²) in [4.78, 5) is 22.4. The van der Waals surface area contributed by atoms with Crippen molar-refractivity contribution >= 4 is 23.0 Å². The van der Waals surface area contributed by atoms with E-state index in [0.29, 0.717) is 5.52 Å². The van der Waals surface area contributed by atoms with Gasteiger partial charge in [-0.15, -0.1) is 0 Å². The number of carbonyl (C=O) groups excluding carboxylic acids is 1. The largest absolute Gasteiger partial charge is 1.00 e. The van der Waals surface area contributed by atoms with Crippen molar-refractivity contribution in [3.8, 4) is 5.75 Å². The number of aromatic nitrogens is 3. The molecule has 1 aromatic carbocycles. The molecule has 0 bridgehead atoms. The van der Waals surface area contributed by atoms with E-state index in [1.807, 2.05) is 0 Å². The van der Waals surface area contributed by atoms with Gasteiger partial charge in [-0.05, 0) is 19.1 Å². The van der Waals surface area contributed by atoms with Gasteiger partial charge < -0.3 is 14.6 Å². The number of carboxylic acid groups (broad SMARTS) is 1. The molecular formula is C11H11AgN3O5+. The fourth-order valence-electron chi connectivity index (χ4n) is 1.56. The first-order chi connectivity index (χ1) is 9.13. The fraction of sp³-hybridized carbons (Fsp3) is 0.273. The summed E-state index contributed by atoms with van der Waals surface area (Å²) < 4.78 is 9.84. The summed E-state index contributed by atoms with van der Waals surface area (Å²) >= 11 is 0. The van der Waals surface area contributed by atoms with Crippen LogP contribution in [0.4, 0.5) is 0 Å². The van der Waals surface area contributed by atoms with Crippen molar-refractivity contribution in [1.82, 2.24) is 15.4 Å². The zero-order valence-electron chi connectivity index (χ0n) is 10.3. The summed E-state index contributed by atoms with van der Waals surface area (Å²) in [6.07, 6.45) is 0. The van der Waals surface area contributed by atoms with Gasteiger partial charge in [-0.2, -0.15) is 15.4 Å². The van der Waals surface area contributed by atoms with E-state index in [0.717, 1.165) is 0 Å². The first kappa shape index (κ1) is 16.2. The molecule has 0 aliphatic heterocycles. The maximum absolute atomic E-state index is 11.2. The van der Waals surface area contributed by atoms with Crippen LogP contribution in [-0.4, -0.2) is 45.7 Å². The van der Waals surface area contributed by atoms with Crippen LogP contribution < -0.4 is 4.74 Å². The number of fused-ring (bicyclic) bond motifs is 1. The molecule has 20 heavy (non-hydrogen) atoms. The number of hydrogen-bond acceptors (Lipinski definition) is 6. The molecule has 0 radical (unpaired) electrons. The van der Waals surface area contributed by atoms with Gasteiger partial charge in [0.25, 0.3) is 0 Å². The normalized spacial score (nSPS) is 9.85. The fourth-order valence-corrected chi connectivity index (χ4v) is 1.56. The van der Waals surface area contributed by atoms with Crippen LogP contribution in [0.3, 0.4) is 0 Å². The van der Waals surface area contributed by atoms with Crippen LogP contribution in [0.1, 0.15) is 17.3 Å². The molecule has 1 aromatic heterocycles. The molecule has 0 fully saturated rings. The Bertz CT molecular complexity index is 628. The van der Waals surface area contributed by atoms with Crippen molar-refractivity contribution in [2.45, 2.75) is 6.92 Å². The topological polar surface area (TPSA) is 114 Å². The summed E-state index contributed by atoms with van der Waals surface area (Å²) in [5.74, 6) is -1.74. The van der Waals surface area contributed by atoms with Crippen LogP contribution in [0.2, 0.25) is 0 Å². The number of rotatable bonds is 5. The van der Waals surface area contributed by atoms with Crippen molar-refractivity contribution in [3.05, 3.63) is 17.7 Å². The minimum atomic E-state index is -1.21. The minimum Gasteiger partial charge on any atom is -0.481 e. The summed E-state index contributed by atoms with van der Waals surface area (Å²) in [5.41, 5.74) is 0.435. The third-order valence-corrected chi connectivity index (χ3v) is 2.32. The van der Waals surface area contributed by atoms with Crippen molar-refractivity contribution in [2.24, 2.45) is 0 Å². The number of nitrogens with one attached hydrogen (secondary N) is 1. The van der Waals surface area contributed by atoms with Crippen LogP contribution in [0.25, 0.3) is 11.0 Å². The predicted octanol–water partition coefficient (Wildman–Crippen LogP) is 0.596. The van der Waals surface area contributed by atoms with E-state index in [2.05, 4.69) is 15.4 Å². The van der Waals surface area contributed by atoms with Gasteiger partial charge in [0.2, 0.25) is 0 Å². The Labute approximate surface area is 129 Å². The molecule has 0 spiro atoms. The molecule has 9 heteroatoms. The standard InChI is InChI=1S/C11H11N3O5.Ag/c1-2-18-8(15)5-19-7-4-3-6-10(13-14-12-6)9(7)11(16)17;/h3-4H,2,5H2,1H3,(H,16,17)(H,12,13,14);/q;+1. The number of carbonyl (C=O) groups is 2. The molecule has 110 valence electrons. The van der Waals surface area contributed by atoms with E-state index in [1.165, 1.54) is 6.07 Å². The first-order valence-electron chi connectivity index (χ1n) is 5.48. The molecule has 2 aromatic rings. The molecule has 0 amide bonds. The van der Waals surface area contributed by atoms with Crippen LogP contribution in [0.5, 0.6) is 5.75 Å². The van der Waals surface area contributed by atoms with Crippen molar-refractivity contribution in [3.63, 3.8) is 0 Å². The van der Waals surface area contributed by atoms with Crippen LogP contribution >= 0.6 is 0 Å². The molecule has 0 saturated heterocycles. The second-order valence-corrected chi connectivity index (χ2v) is 3.53. The smallest absolute Gasteiger partial charge is 0.481 e. The molecule has 0 aliphatic rings. The number of aromatic carboxylic acids is 1. The van der Waals surface area contributed by atoms with Gasteiger partial charge in [-0.3, -0.25) is 0 Å². The van der Waals surface area contributed by atoms with Gasteiger partial charge in [0, 0.05) is 0 Å². The van der Waals surface area contributed by atoms with Crippen LogP contribution in [0.15, 0.2) is 12.1 Å². The number of hydrogen-bond donors (Lipinski definition) is 2.